The quantitative estimate of drug-likeness (QED) is 0.627. The molecule has 0 bridgehead atoms. The normalized spacial score (nSPS) is 11.7. The number of hydrogen-bond acceptors (Lipinski definition) is 3. The number of allylic oxidation sites excluding steroid dienone is 1. The van der Waals surface area contributed by atoms with Gasteiger partial charge in [-0.25, -0.2) is 0 Å². The summed E-state index contributed by atoms with van der Waals surface area (Å²) in [6.45, 7) is 4.08. The molecule has 0 saturated heterocycles. The first-order valence-corrected chi connectivity index (χ1v) is 8.22. The Bertz CT molecular complexity index is 835. The van der Waals surface area contributed by atoms with Gasteiger partial charge in [0.25, 0.3) is 0 Å². The first-order valence-electron chi connectivity index (χ1n) is 7.43. The topological polar surface area (TPSA) is 38.9 Å². The van der Waals surface area contributed by atoms with Gasteiger partial charge in [-0.2, -0.15) is 0 Å². The molecule has 4 heteroatoms. The first-order chi connectivity index (χ1) is 11.1. The third-order valence-electron chi connectivity index (χ3n) is 3.63. The molecule has 3 nitrogen and oxygen atoms in total. The molecule has 3 rings (SSSR count). The van der Waals surface area contributed by atoms with E-state index in [1.807, 2.05) is 43.3 Å². The smallest absolute Gasteiger partial charge is 0.243 e. The second-order valence-corrected chi connectivity index (χ2v) is 6.40. The molecule has 0 aliphatic heterocycles. The lowest BCUT2D eigenvalue weighted by Gasteiger charge is -2.00. The van der Waals surface area contributed by atoms with Gasteiger partial charge in [0.2, 0.25) is 11.8 Å². The molecule has 0 amide bonds. The van der Waals surface area contributed by atoms with Gasteiger partial charge in [0.05, 0.1) is 6.42 Å². The predicted molar refractivity (Wildman–Crippen MR) is 96.0 cm³/mol. The molecule has 3 aromatic rings. The van der Waals surface area contributed by atoms with Crippen LogP contribution in [0, 0.1) is 6.92 Å². The van der Waals surface area contributed by atoms with Crippen LogP contribution >= 0.6 is 15.9 Å². The molecule has 116 valence electrons. The Kier molecular flexibility index (Phi) is 4.72. The highest BCUT2D eigenvalue weighted by atomic mass is 79.9. The van der Waals surface area contributed by atoms with Crippen molar-refractivity contribution in [2.45, 2.75) is 20.3 Å². The lowest BCUT2D eigenvalue weighted by atomic mass is 10.1. The Morgan fingerprint density at radius 1 is 1.09 bits per heavy atom. The average molecular weight is 369 g/mol. The van der Waals surface area contributed by atoms with Crippen LogP contribution in [0.15, 0.2) is 57.4 Å². The van der Waals surface area contributed by atoms with Gasteiger partial charge in [-0.1, -0.05) is 52.3 Å². The summed E-state index contributed by atoms with van der Waals surface area (Å²) in [5, 5.41) is 8.31. The third-order valence-corrected chi connectivity index (χ3v) is 4.16. The van der Waals surface area contributed by atoms with Crippen LogP contribution in [0.2, 0.25) is 0 Å². The summed E-state index contributed by atoms with van der Waals surface area (Å²) >= 11 is 3.43. The van der Waals surface area contributed by atoms with Crippen molar-refractivity contribution >= 4 is 27.6 Å². The van der Waals surface area contributed by atoms with E-state index in [0.717, 1.165) is 21.2 Å². The number of aromatic nitrogens is 2. The van der Waals surface area contributed by atoms with Gasteiger partial charge in [0, 0.05) is 10.0 Å². The highest BCUT2D eigenvalue weighted by Crippen LogP contribution is 2.20. The fraction of sp³-hybridized carbons (Fsp3) is 0.158. The molecule has 0 spiro atoms. The molecule has 2 aromatic carbocycles. The number of nitrogens with zero attached hydrogens (tertiary/aromatic N) is 2. The van der Waals surface area contributed by atoms with E-state index in [2.05, 4.69) is 51.3 Å². The summed E-state index contributed by atoms with van der Waals surface area (Å²) in [4.78, 5) is 0. The minimum Gasteiger partial charge on any atom is -0.421 e. The molecule has 0 atom stereocenters. The number of aryl methyl sites for hydroxylation is 1. The van der Waals surface area contributed by atoms with E-state index in [9.17, 15) is 0 Å². The molecule has 0 unspecified atom stereocenters. The Hall–Kier alpha value is -2.20. The van der Waals surface area contributed by atoms with Crippen molar-refractivity contribution in [2.75, 3.05) is 0 Å². The van der Waals surface area contributed by atoms with Crippen molar-refractivity contribution < 1.29 is 4.42 Å². The van der Waals surface area contributed by atoms with Crippen molar-refractivity contribution in [3.05, 3.63) is 81.5 Å². The molecule has 0 saturated carbocycles. The van der Waals surface area contributed by atoms with Crippen molar-refractivity contribution in [1.29, 1.82) is 0 Å². The van der Waals surface area contributed by atoms with E-state index in [0.29, 0.717) is 18.2 Å². The Morgan fingerprint density at radius 3 is 2.57 bits per heavy atom. The Labute approximate surface area is 144 Å². The second-order valence-electron chi connectivity index (χ2n) is 5.49. The van der Waals surface area contributed by atoms with E-state index in [4.69, 9.17) is 4.42 Å². The van der Waals surface area contributed by atoms with Gasteiger partial charge in [-0.15, -0.1) is 10.2 Å². The largest absolute Gasteiger partial charge is 0.421 e. The SMILES string of the molecule is CC(=Cc1ccccc1C)c1nnc(Cc2ccc(Br)cc2)o1. The maximum absolute atomic E-state index is 5.79. The zero-order valence-electron chi connectivity index (χ0n) is 13.1. The standard InChI is InChI=1S/C19H17BrN2O/c1-13-5-3-4-6-16(13)11-14(2)19-22-21-18(23-19)12-15-7-9-17(20)10-8-15/h3-11H,12H2,1-2H3. The maximum Gasteiger partial charge on any atom is 0.243 e. The molecule has 0 aliphatic carbocycles. The lowest BCUT2D eigenvalue weighted by Crippen LogP contribution is -1.87. The maximum atomic E-state index is 5.79. The van der Waals surface area contributed by atoms with Crippen LogP contribution in [0.5, 0.6) is 0 Å². The van der Waals surface area contributed by atoms with Crippen molar-refractivity contribution in [3.8, 4) is 0 Å². The van der Waals surface area contributed by atoms with E-state index in [1.54, 1.807) is 0 Å². The molecule has 1 aromatic heterocycles. The number of rotatable bonds is 4. The summed E-state index contributed by atoms with van der Waals surface area (Å²) in [7, 11) is 0. The van der Waals surface area contributed by atoms with E-state index >= 15 is 0 Å². The summed E-state index contributed by atoms with van der Waals surface area (Å²) in [5.41, 5.74) is 4.50. The molecule has 23 heavy (non-hydrogen) atoms. The molecule has 0 aliphatic rings. The van der Waals surface area contributed by atoms with Crippen LogP contribution in [0.4, 0.5) is 0 Å². The lowest BCUT2D eigenvalue weighted by molar-refractivity contribution is 0.493. The molecular formula is C19H17BrN2O. The van der Waals surface area contributed by atoms with Gasteiger partial charge < -0.3 is 4.42 Å². The van der Waals surface area contributed by atoms with E-state index < -0.39 is 0 Å². The second kappa shape index (κ2) is 6.92. The first kappa shape index (κ1) is 15.7. The van der Waals surface area contributed by atoms with Crippen LogP contribution in [0.3, 0.4) is 0 Å². The Morgan fingerprint density at radius 2 is 1.83 bits per heavy atom. The van der Waals surface area contributed by atoms with Crippen LogP contribution in [-0.2, 0) is 6.42 Å². The van der Waals surface area contributed by atoms with Crippen LogP contribution in [-0.4, -0.2) is 10.2 Å². The van der Waals surface area contributed by atoms with E-state index in [1.165, 1.54) is 5.56 Å². The van der Waals surface area contributed by atoms with Crippen LogP contribution in [0.1, 0.15) is 35.4 Å². The van der Waals surface area contributed by atoms with E-state index in [-0.39, 0.29) is 0 Å². The van der Waals surface area contributed by atoms with Gasteiger partial charge >= 0.3 is 0 Å². The summed E-state index contributed by atoms with van der Waals surface area (Å²) in [6, 6.07) is 16.3. The summed E-state index contributed by atoms with van der Waals surface area (Å²) < 4.78 is 6.85. The summed E-state index contributed by atoms with van der Waals surface area (Å²) in [6.07, 6.45) is 2.71. The summed E-state index contributed by atoms with van der Waals surface area (Å²) in [5.74, 6) is 1.19. The molecule has 0 radical (unpaired) electrons. The minimum absolute atomic E-state index is 0.570. The van der Waals surface area contributed by atoms with Crippen molar-refractivity contribution in [3.63, 3.8) is 0 Å². The molecule has 0 fully saturated rings. The average Bonchev–Trinajstić information content (AvgIpc) is 3.00. The molecular weight excluding hydrogens is 352 g/mol. The highest BCUT2D eigenvalue weighted by Gasteiger charge is 2.09. The Balaban J connectivity index is 1.78. The van der Waals surface area contributed by atoms with Gasteiger partial charge in [-0.05, 0) is 48.7 Å². The number of hydrogen-bond donors (Lipinski definition) is 0. The fourth-order valence-corrected chi connectivity index (χ4v) is 2.57. The van der Waals surface area contributed by atoms with Crippen molar-refractivity contribution in [2.24, 2.45) is 0 Å². The molecule has 1 heterocycles. The third kappa shape index (κ3) is 3.96. The van der Waals surface area contributed by atoms with Crippen LogP contribution < -0.4 is 0 Å². The van der Waals surface area contributed by atoms with Gasteiger partial charge in [0.15, 0.2) is 0 Å². The fourth-order valence-electron chi connectivity index (χ4n) is 2.31. The number of benzene rings is 2. The van der Waals surface area contributed by atoms with Gasteiger partial charge in [0.1, 0.15) is 0 Å². The minimum atomic E-state index is 0.570. The zero-order chi connectivity index (χ0) is 16.2. The monoisotopic (exact) mass is 368 g/mol. The number of halogens is 1. The van der Waals surface area contributed by atoms with Gasteiger partial charge in [-0.3, -0.25) is 0 Å². The van der Waals surface area contributed by atoms with Crippen LogP contribution in [0.25, 0.3) is 11.6 Å². The highest BCUT2D eigenvalue weighted by molar-refractivity contribution is 9.10. The zero-order valence-corrected chi connectivity index (χ0v) is 14.7. The van der Waals surface area contributed by atoms with Crippen molar-refractivity contribution in [1.82, 2.24) is 10.2 Å². The predicted octanol–water partition coefficient (Wildman–Crippen LogP) is 5.29. The molecule has 0 N–H and O–H groups in total.